The first-order chi connectivity index (χ1) is 6.43. The second-order valence-electron chi connectivity index (χ2n) is 3.53. The molecule has 0 aromatic carbocycles. The third-order valence-electron chi connectivity index (χ3n) is 2.10. The Morgan fingerprint density at radius 2 is 2.29 bits per heavy atom. The van der Waals surface area contributed by atoms with Gasteiger partial charge in [-0.05, 0) is 13.8 Å². The van der Waals surface area contributed by atoms with Gasteiger partial charge in [0.1, 0.15) is 11.9 Å². The molecule has 0 aromatic rings. The maximum Gasteiger partial charge on any atom is 0.323 e. The van der Waals surface area contributed by atoms with Crippen molar-refractivity contribution in [1.82, 2.24) is 10.2 Å². The van der Waals surface area contributed by atoms with E-state index in [2.05, 4.69) is 5.32 Å². The minimum Gasteiger partial charge on any atom is -0.370 e. The second kappa shape index (κ2) is 3.65. The van der Waals surface area contributed by atoms with Gasteiger partial charge in [0.25, 0.3) is 0 Å². The molecule has 0 aliphatic carbocycles. The normalized spacial score (nSPS) is 21.6. The number of hydrogen-bond acceptors (Lipinski definition) is 3. The number of hydrogen-bond donors (Lipinski definition) is 3. The van der Waals surface area contributed by atoms with Crippen molar-refractivity contribution in [3.63, 3.8) is 0 Å². The van der Waals surface area contributed by atoms with Gasteiger partial charge >= 0.3 is 6.03 Å². The van der Waals surface area contributed by atoms with Crippen molar-refractivity contribution in [2.75, 3.05) is 0 Å². The zero-order valence-electron chi connectivity index (χ0n) is 8.20. The van der Waals surface area contributed by atoms with E-state index in [1.165, 1.54) is 4.90 Å². The van der Waals surface area contributed by atoms with Gasteiger partial charge in [-0.2, -0.15) is 0 Å². The highest BCUT2D eigenvalue weighted by Crippen LogP contribution is 2.15. The van der Waals surface area contributed by atoms with Crippen molar-refractivity contribution >= 4 is 17.8 Å². The molecule has 3 amide bonds. The smallest absolute Gasteiger partial charge is 0.323 e. The Morgan fingerprint density at radius 1 is 1.71 bits per heavy atom. The summed E-state index contributed by atoms with van der Waals surface area (Å²) in [6.45, 7) is 3.65. The standard InChI is InChI=1S/C8H14N4O2/c1-4(2)12-5(3-6(9)13)7(10)11-8(12)14/h4-5H,3H2,1-2H3,(H2,9,13)(H2,10,11,14). The molecule has 0 saturated carbocycles. The van der Waals surface area contributed by atoms with Crippen LogP contribution in [0.15, 0.2) is 0 Å². The van der Waals surface area contributed by atoms with Crippen LogP contribution in [0.5, 0.6) is 0 Å². The highest BCUT2D eigenvalue weighted by molar-refractivity contribution is 6.07. The van der Waals surface area contributed by atoms with Crippen LogP contribution in [-0.2, 0) is 4.79 Å². The number of carbonyl (C=O) groups is 2. The van der Waals surface area contributed by atoms with Gasteiger partial charge in [0, 0.05) is 6.04 Å². The van der Waals surface area contributed by atoms with E-state index in [1.807, 2.05) is 13.8 Å². The summed E-state index contributed by atoms with van der Waals surface area (Å²) in [5.41, 5.74) is 5.04. The first-order valence-corrected chi connectivity index (χ1v) is 4.39. The third-order valence-corrected chi connectivity index (χ3v) is 2.10. The molecule has 1 atom stereocenters. The first-order valence-electron chi connectivity index (χ1n) is 4.39. The summed E-state index contributed by atoms with van der Waals surface area (Å²) in [7, 11) is 0. The summed E-state index contributed by atoms with van der Waals surface area (Å²) >= 11 is 0. The molecule has 6 nitrogen and oxygen atoms in total. The number of rotatable bonds is 3. The Bertz CT molecular complexity index is 287. The van der Waals surface area contributed by atoms with Gasteiger partial charge < -0.3 is 10.6 Å². The molecule has 1 aliphatic heterocycles. The highest BCUT2D eigenvalue weighted by Gasteiger charge is 2.37. The van der Waals surface area contributed by atoms with E-state index in [4.69, 9.17) is 11.1 Å². The number of primary amides is 1. The molecule has 1 saturated heterocycles. The summed E-state index contributed by atoms with van der Waals surface area (Å²) in [4.78, 5) is 23.5. The molecule has 1 fully saturated rings. The minimum absolute atomic E-state index is 0.00421. The van der Waals surface area contributed by atoms with Gasteiger partial charge in [-0.25, -0.2) is 4.79 Å². The largest absolute Gasteiger partial charge is 0.370 e. The number of urea groups is 1. The minimum atomic E-state index is -0.528. The molecule has 1 heterocycles. The van der Waals surface area contributed by atoms with Crippen LogP contribution in [-0.4, -0.2) is 34.8 Å². The molecule has 0 bridgehead atoms. The van der Waals surface area contributed by atoms with Crippen molar-refractivity contribution in [2.24, 2.45) is 5.73 Å². The van der Waals surface area contributed by atoms with Crippen LogP contribution >= 0.6 is 0 Å². The topological polar surface area (TPSA) is 99.3 Å². The van der Waals surface area contributed by atoms with Gasteiger partial charge in [0.2, 0.25) is 5.91 Å². The van der Waals surface area contributed by atoms with Crippen LogP contribution in [0.2, 0.25) is 0 Å². The quantitative estimate of drug-likeness (QED) is 0.577. The van der Waals surface area contributed by atoms with Gasteiger partial charge in [0.05, 0.1) is 6.42 Å². The fourth-order valence-electron chi connectivity index (χ4n) is 1.53. The van der Waals surface area contributed by atoms with Crippen LogP contribution in [0.4, 0.5) is 4.79 Å². The molecule has 1 unspecified atom stereocenters. The van der Waals surface area contributed by atoms with Gasteiger partial charge in [0.15, 0.2) is 0 Å². The van der Waals surface area contributed by atoms with E-state index in [-0.39, 0.29) is 24.3 Å². The second-order valence-corrected chi connectivity index (χ2v) is 3.53. The molecule has 0 aromatic heterocycles. The Hall–Kier alpha value is -1.59. The Kier molecular flexibility index (Phi) is 2.73. The van der Waals surface area contributed by atoms with E-state index in [0.717, 1.165) is 0 Å². The Labute approximate surface area is 81.9 Å². The van der Waals surface area contributed by atoms with E-state index in [0.29, 0.717) is 0 Å². The number of amides is 3. The van der Waals surface area contributed by atoms with Crippen molar-refractivity contribution in [3.05, 3.63) is 0 Å². The van der Waals surface area contributed by atoms with Crippen LogP contribution in [0.25, 0.3) is 0 Å². The van der Waals surface area contributed by atoms with E-state index < -0.39 is 11.9 Å². The number of nitrogens with zero attached hydrogens (tertiary/aromatic N) is 1. The molecule has 0 radical (unpaired) electrons. The SMILES string of the molecule is CC(C)N1C(=O)NC(=N)C1CC(N)=O. The summed E-state index contributed by atoms with van der Waals surface area (Å²) in [6.07, 6.45) is -0.00421. The molecule has 4 N–H and O–H groups in total. The van der Waals surface area contributed by atoms with Gasteiger partial charge in [-0.3, -0.25) is 15.5 Å². The Balaban J connectivity index is 2.83. The number of nitrogens with two attached hydrogens (primary N) is 1. The fourth-order valence-corrected chi connectivity index (χ4v) is 1.53. The average molecular weight is 198 g/mol. The third kappa shape index (κ3) is 1.84. The van der Waals surface area contributed by atoms with Crippen LogP contribution in [0.3, 0.4) is 0 Å². The summed E-state index contributed by atoms with van der Waals surface area (Å²) in [6, 6.07) is -0.918. The lowest BCUT2D eigenvalue weighted by atomic mass is 10.1. The van der Waals surface area contributed by atoms with Gasteiger partial charge in [-0.15, -0.1) is 0 Å². The van der Waals surface area contributed by atoms with Crippen LogP contribution in [0, 0.1) is 5.41 Å². The lowest BCUT2D eigenvalue weighted by Gasteiger charge is -2.25. The average Bonchev–Trinajstić information content (AvgIpc) is 2.25. The van der Waals surface area contributed by atoms with Crippen LogP contribution < -0.4 is 11.1 Å². The predicted octanol–water partition coefficient (Wildman–Crippen LogP) is -0.359. The van der Waals surface area contributed by atoms with Crippen LogP contribution in [0.1, 0.15) is 20.3 Å². The zero-order valence-corrected chi connectivity index (χ0v) is 8.20. The lowest BCUT2D eigenvalue weighted by Crippen LogP contribution is -2.42. The molecule has 1 aliphatic rings. The molecular weight excluding hydrogens is 184 g/mol. The van der Waals surface area contributed by atoms with Crippen molar-refractivity contribution < 1.29 is 9.59 Å². The summed E-state index contributed by atoms with van der Waals surface area (Å²) in [5.74, 6) is -0.468. The molecule has 1 rings (SSSR count). The monoisotopic (exact) mass is 198 g/mol. The lowest BCUT2D eigenvalue weighted by molar-refractivity contribution is -0.118. The zero-order chi connectivity index (χ0) is 10.9. The van der Waals surface area contributed by atoms with E-state index >= 15 is 0 Å². The molecular formula is C8H14N4O2. The maximum absolute atomic E-state index is 11.3. The number of nitrogens with one attached hydrogen (secondary N) is 2. The molecule has 6 heteroatoms. The predicted molar refractivity (Wildman–Crippen MR) is 50.8 cm³/mol. The number of amidine groups is 1. The van der Waals surface area contributed by atoms with Crippen molar-refractivity contribution in [3.8, 4) is 0 Å². The number of carbonyl (C=O) groups excluding carboxylic acids is 2. The van der Waals surface area contributed by atoms with Gasteiger partial charge in [-0.1, -0.05) is 0 Å². The fraction of sp³-hybridized carbons (Fsp3) is 0.625. The van der Waals surface area contributed by atoms with E-state index in [1.54, 1.807) is 0 Å². The molecule has 0 spiro atoms. The van der Waals surface area contributed by atoms with Crippen molar-refractivity contribution in [2.45, 2.75) is 32.4 Å². The highest BCUT2D eigenvalue weighted by atomic mass is 16.2. The van der Waals surface area contributed by atoms with Crippen molar-refractivity contribution in [1.29, 1.82) is 5.41 Å². The Morgan fingerprint density at radius 3 is 2.71 bits per heavy atom. The summed E-state index contributed by atoms with van der Waals surface area (Å²) < 4.78 is 0. The maximum atomic E-state index is 11.3. The van der Waals surface area contributed by atoms with E-state index in [9.17, 15) is 9.59 Å². The summed E-state index contributed by atoms with van der Waals surface area (Å²) in [5, 5.41) is 9.84. The first kappa shape index (κ1) is 10.5. The molecule has 14 heavy (non-hydrogen) atoms. The molecule has 78 valence electrons.